The van der Waals surface area contributed by atoms with Crippen LogP contribution in [0.25, 0.3) is 0 Å². The van der Waals surface area contributed by atoms with E-state index in [4.69, 9.17) is 9.47 Å². The molecule has 0 bridgehead atoms. The number of carbonyl (C=O) groups is 1. The van der Waals surface area contributed by atoms with Crippen molar-refractivity contribution in [2.45, 2.75) is 6.54 Å². The Morgan fingerprint density at radius 1 is 1.12 bits per heavy atom. The second-order valence-electron chi connectivity index (χ2n) is 5.45. The molecule has 0 aliphatic carbocycles. The molecule has 0 aliphatic heterocycles. The minimum absolute atomic E-state index is 0.165. The Balaban J connectivity index is 1.58. The van der Waals surface area contributed by atoms with Gasteiger partial charge in [-0.1, -0.05) is 24.3 Å². The smallest absolute Gasteiger partial charge is 0.253 e. The number of rotatable bonds is 6. The van der Waals surface area contributed by atoms with Crippen LogP contribution in [0.1, 0.15) is 15.9 Å². The third kappa shape index (κ3) is 4.36. The molecule has 0 saturated carbocycles. The van der Waals surface area contributed by atoms with Gasteiger partial charge in [0.25, 0.3) is 5.91 Å². The highest BCUT2D eigenvalue weighted by atomic mass is 19.1. The third-order valence-electron chi connectivity index (χ3n) is 3.63. The number of nitrogens with zero attached hydrogens (tertiary/aromatic N) is 1. The van der Waals surface area contributed by atoms with Crippen LogP contribution in [-0.2, 0) is 6.54 Å². The molecule has 1 N–H and O–H groups in total. The number of amides is 1. The fraction of sp³-hybridized carbons (Fsp3) is 0.100. The summed E-state index contributed by atoms with van der Waals surface area (Å²) in [6, 6.07) is 17.0. The summed E-state index contributed by atoms with van der Waals surface area (Å²) in [5, 5.41) is 2.72. The molecule has 26 heavy (non-hydrogen) atoms. The summed E-state index contributed by atoms with van der Waals surface area (Å²) >= 11 is 0. The topological polar surface area (TPSA) is 60.5 Å². The van der Waals surface area contributed by atoms with Crippen molar-refractivity contribution in [3.63, 3.8) is 0 Å². The summed E-state index contributed by atoms with van der Waals surface area (Å²) in [4.78, 5) is 16.3. The number of hydrogen-bond donors (Lipinski definition) is 1. The minimum Gasteiger partial charge on any atom is -0.494 e. The molecule has 1 aromatic heterocycles. The van der Waals surface area contributed by atoms with Crippen molar-refractivity contribution in [3.05, 3.63) is 83.8 Å². The predicted molar refractivity (Wildman–Crippen MR) is 94.9 cm³/mol. The van der Waals surface area contributed by atoms with E-state index in [-0.39, 0.29) is 18.2 Å². The molecule has 0 aliphatic rings. The van der Waals surface area contributed by atoms with Gasteiger partial charge < -0.3 is 14.8 Å². The van der Waals surface area contributed by atoms with E-state index >= 15 is 0 Å². The first-order valence-electron chi connectivity index (χ1n) is 7.95. The van der Waals surface area contributed by atoms with Crippen molar-refractivity contribution in [3.8, 4) is 17.4 Å². The summed E-state index contributed by atoms with van der Waals surface area (Å²) in [5.74, 6) is 0.449. The molecule has 1 amide bonds. The van der Waals surface area contributed by atoms with Gasteiger partial charge in [-0.15, -0.1) is 0 Å². The van der Waals surface area contributed by atoms with Crippen molar-refractivity contribution in [1.29, 1.82) is 0 Å². The van der Waals surface area contributed by atoms with Gasteiger partial charge in [-0.2, -0.15) is 0 Å². The number of halogens is 1. The summed E-state index contributed by atoms with van der Waals surface area (Å²) in [6.07, 6.45) is 1.43. The SMILES string of the molecule is COc1ccc(CNC(=O)c2ccc(Oc3ccccc3)nc2)cc1F. The number of methoxy groups -OCH3 is 1. The number of aromatic nitrogens is 1. The molecule has 1 heterocycles. The molecule has 0 radical (unpaired) electrons. The maximum atomic E-state index is 13.7. The first kappa shape index (κ1) is 17.4. The number of ether oxygens (including phenoxy) is 2. The first-order valence-corrected chi connectivity index (χ1v) is 7.95. The van der Waals surface area contributed by atoms with E-state index in [1.54, 1.807) is 18.2 Å². The lowest BCUT2D eigenvalue weighted by molar-refractivity contribution is 0.0950. The van der Waals surface area contributed by atoms with Gasteiger partial charge in [0.2, 0.25) is 5.88 Å². The lowest BCUT2D eigenvalue weighted by Gasteiger charge is -2.08. The lowest BCUT2D eigenvalue weighted by Crippen LogP contribution is -2.23. The van der Waals surface area contributed by atoms with Gasteiger partial charge in [-0.25, -0.2) is 9.37 Å². The van der Waals surface area contributed by atoms with Crippen LogP contribution in [0.4, 0.5) is 4.39 Å². The van der Waals surface area contributed by atoms with Gasteiger partial charge in [0.1, 0.15) is 5.75 Å². The van der Waals surface area contributed by atoms with Gasteiger partial charge in [0.15, 0.2) is 11.6 Å². The number of carbonyl (C=O) groups excluding carboxylic acids is 1. The molecular formula is C20H17FN2O3. The molecule has 132 valence electrons. The molecule has 3 aromatic rings. The Bertz CT molecular complexity index is 883. The van der Waals surface area contributed by atoms with Crippen LogP contribution in [0.15, 0.2) is 66.9 Å². The maximum absolute atomic E-state index is 13.7. The van der Waals surface area contributed by atoms with Crippen molar-refractivity contribution in [2.24, 2.45) is 0 Å². The average molecular weight is 352 g/mol. The number of benzene rings is 2. The molecule has 0 saturated heterocycles. The molecule has 0 unspecified atom stereocenters. The summed E-state index contributed by atoms with van der Waals surface area (Å²) in [6.45, 7) is 0.196. The molecule has 3 rings (SSSR count). The van der Waals surface area contributed by atoms with E-state index in [1.807, 2.05) is 30.3 Å². The Labute approximate surface area is 150 Å². The highest BCUT2D eigenvalue weighted by Crippen LogP contribution is 2.19. The highest BCUT2D eigenvalue weighted by Gasteiger charge is 2.08. The number of para-hydroxylation sites is 1. The summed E-state index contributed by atoms with van der Waals surface area (Å²) < 4.78 is 24.1. The zero-order chi connectivity index (χ0) is 18.4. The summed E-state index contributed by atoms with van der Waals surface area (Å²) in [7, 11) is 1.40. The van der Waals surface area contributed by atoms with Crippen LogP contribution < -0.4 is 14.8 Å². The fourth-order valence-corrected chi connectivity index (χ4v) is 2.29. The van der Waals surface area contributed by atoms with Crippen molar-refractivity contribution < 1.29 is 18.7 Å². The molecule has 2 aromatic carbocycles. The number of nitrogens with one attached hydrogen (secondary N) is 1. The molecule has 0 atom stereocenters. The van der Waals surface area contributed by atoms with Crippen molar-refractivity contribution >= 4 is 5.91 Å². The van der Waals surface area contributed by atoms with Gasteiger partial charge >= 0.3 is 0 Å². The van der Waals surface area contributed by atoms with E-state index in [0.29, 0.717) is 22.8 Å². The monoisotopic (exact) mass is 352 g/mol. The van der Waals surface area contributed by atoms with Gasteiger partial charge in [0, 0.05) is 18.8 Å². The van der Waals surface area contributed by atoms with Crippen molar-refractivity contribution in [2.75, 3.05) is 7.11 Å². The zero-order valence-corrected chi connectivity index (χ0v) is 14.1. The third-order valence-corrected chi connectivity index (χ3v) is 3.63. The fourth-order valence-electron chi connectivity index (χ4n) is 2.29. The number of hydrogen-bond acceptors (Lipinski definition) is 4. The highest BCUT2D eigenvalue weighted by molar-refractivity contribution is 5.93. The van der Waals surface area contributed by atoms with Crippen molar-refractivity contribution in [1.82, 2.24) is 10.3 Å². The normalized spacial score (nSPS) is 10.2. The maximum Gasteiger partial charge on any atom is 0.253 e. The first-order chi connectivity index (χ1) is 12.7. The quantitative estimate of drug-likeness (QED) is 0.730. The van der Waals surface area contributed by atoms with Crippen LogP contribution in [0.2, 0.25) is 0 Å². The van der Waals surface area contributed by atoms with Crippen LogP contribution in [0, 0.1) is 5.82 Å². The number of pyridine rings is 1. The molecule has 0 fully saturated rings. The second-order valence-corrected chi connectivity index (χ2v) is 5.45. The van der Waals surface area contributed by atoms with Crippen LogP contribution in [-0.4, -0.2) is 18.0 Å². The molecule has 5 nitrogen and oxygen atoms in total. The van der Waals surface area contributed by atoms with Crippen LogP contribution in [0.3, 0.4) is 0 Å². The molecule has 6 heteroatoms. The summed E-state index contributed by atoms with van der Waals surface area (Å²) in [5.41, 5.74) is 1.02. The second kappa shape index (κ2) is 8.11. The Morgan fingerprint density at radius 2 is 1.92 bits per heavy atom. The molecular weight excluding hydrogens is 335 g/mol. The average Bonchev–Trinajstić information content (AvgIpc) is 2.67. The van der Waals surface area contributed by atoms with Gasteiger partial charge in [-0.3, -0.25) is 4.79 Å². The van der Waals surface area contributed by atoms with E-state index < -0.39 is 5.82 Å². The van der Waals surface area contributed by atoms with Crippen LogP contribution in [0.5, 0.6) is 17.4 Å². The van der Waals surface area contributed by atoms with E-state index in [1.165, 1.54) is 25.4 Å². The molecule has 0 spiro atoms. The largest absolute Gasteiger partial charge is 0.494 e. The van der Waals surface area contributed by atoms with Gasteiger partial charge in [0.05, 0.1) is 12.7 Å². The van der Waals surface area contributed by atoms with E-state index in [2.05, 4.69) is 10.3 Å². The Kier molecular flexibility index (Phi) is 5.43. The zero-order valence-electron chi connectivity index (χ0n) is 14.1. The predicted octanol–water partition coefficient (Wildman–Crippen LogP) is 3.95. The Hall–Kier alpha value is -3.41. The minimum atomic E-state index is -0.469. The van der Waals surface area contributed by atoms with E-state index in [0.717, 1.165) is 0 Å². The standard InChI is InChI=1S/C20H17FN2O3/c1-25-18-9-7-14(11-17(18)21)12-23-20(24)15-8-10-19(22-13-15)26-16-5-3-2-4-6-16/h2-11,13H,12H2,1H3,(H,23,24). The lowest BCUT2D eigenvalue weighted by atomic mass is 10.2. The Morgan fingerprint density at radius 3 is 2.58 bits per heavy atom. The van der Waals surface area contributed by atoms with Crippen LogP contribution >= 0.6 is 0 Å². The van der Waals surface area contributed by atoms with Gasteiger partial charge in [-0.05, 0) is 35.9 Å². The van der Waals surface area contributed by atoms with E-state index in [9.17, 15) is 9.18 Å².